The summed E-state index contributed by atoms with van der Waals surface area (Å²) in [5.41, 5.74) is 3.20. The topological polar surface area (TPSA) is 29.4 Å². The molecule has 1 aromatic carbocycles. The Kier molecular flexibility index (Phi) is 2.86. The Morgan fingerprint density at radius 3 is 2.53 bits per heavy atom. The van der Waals surface area contributed by atoms with Gasteiger partial charge in [-0.15, -0.1) is 11.6 Å². The van der Waals surface area contributed by atoms with Gasteiger partial charge in [-0.2, -0.15) is 0 Å². The van der Waals surface area contributed by atoms with Crippen LogP contribution < -0.4 is 0 Å². The predicted octanol–water partition coefficient (Wildman–Crippen LogP) is 3.88. The van der Waals surface area contributed by atoms with Crippen molar-refractivity contribution in [1.82, 2.24) is 0 Å². The Labute approximate surface area is 107 Å². The molecule has 0 spiro atoms. The smallest absolute Gasteiger partial charge is 0.188 e. The van der Waals surface area contributed by atoms with E-state index in [4.69, 9.17) is 11.6 Å². The molecule has 0 fully saturated rings. The fourth-order valence-electron chi connectivity index (χ4n) is 1.87. The minimum Gasteiger partial charge on any atom is -0.292 e. The predicted molar refractivity (Wildman–Crippen MR) is 71.9 cm³/mol. The molecule has 0 bridgehead atoms. The SMILES string of the molecule is CC1=Nc2ccc(C(C)(C)C)cc2C(=O)C1Cl. The van der Waals surface area contributed by atoms with Gasteiger partial charge in [-0.05, 0) is 30.0 Å². The number of Topliss-reactive ketones (excluding diaryl/α,β-unsaturated/α-hetero) is 1. The van der Waals surface area contributed by atoms with Crippen LogP contribution in [0, 0.1) is 0 Å². The molecule has 1 unspecified atom stereocenters. The van der Waals surface area contributed by atoms with E-state index in [-0.39, 0.29) is 11.2 Å². The zero-order valence-corrected chi connectivity index (χ0v) is 11.3. The lowest BCUT2D eigenvalue weighted by molar-refractivity contribution is 0.100. The standard InChI is InChI=1S/C14H16ClNO/c1-8-12(15)13(17)10-7-9(14(2,3)4)5-6-11(10)16-8/h5-7,12H,1-4H3. The van der Waals surface area contributed by atoms with Gasteiger partial charge in [0.25, 0.3) is 0 Å². The van der Waals surface area contributed by atoms with E-state index >= 15 is 0 Å². The van der Waals surface area contributed by atoms with Crippen LogP contribution in [0.25, 0.3) is 0 Å². The number of fused-ring (bicyclic) bond motifs is 1. The first kappa shape index (κ1) is 12.3. The highest BCUT2D eigenvalue weighted by molar-refractivity contribution is 6.46. The van der Waals surface area contributed by atoms with Crippen LogP contribution in [-0.4, -0.2) is 16.9 Å². The quantitative estimate of drug-likeness (QED) is 0.642. The molecule has 0 aliphatic carbocycles. The second-order valence-electron chi connectivity index (χ2n) is 5.46. The van der Waals surface area contributed by atoms with Gasteiger partial charge in [0.2, 0.25) is 0 Å². The summed E-state index contributed by atoms with van der Waals surface area (Å²) >= 11 is 6.03. The third kappa shape index (κ3) is 2.14. The van der Waals surface area contributed by atoms with Gasteiger partial charge in [-0.1, -0.05) is 26.8 Å². The molecule has 17 heavy (non-hydrogen) atoms. The number of rotatable bonds is 0. The van der Waals surface area contributed by atoms with Crippen molar-refractivity contribution >= 4 is 28.8 Å². The molecule has 2 nitrogen and oxygen atoms in total. The highest BCUT2D eigenvalue weighted by atomic mass is 35.5. The average molecular weight is 250 g/mol. The van der Waals surface area contributed by atoms with Crippen LogP contribution in [0.2, 0.25) is 0 Å². The van der Waals surface area contributed by atoms with Gasteiger partial charge in [0, 0.05) is 11.3 Å². The lowest BCUT2D eigenvalue weighted by atomic mass is 9.84. The molecule has 1 atom stereocenters. The van der Waals surface area contributed by atoms with Gasteiger partial charge < -0.3 is 0 Å². The lowest BCUT2D eigenvalue weighted by Gasteiger charge is -2.23. The van der Waals surface area contributed by atoms with E-state index in [2.05, 4.69) is 25.8 Å². The van der Waals surface area contributed by atoms with Gasteiger partial charge in [0.05, 0.1) is 5.69 Å². The second kappa shape index (κ2) is 3.95. The number of carbonyl (C=O) groups is 1. The maximum atomic E-state index is 12.1. The molecule has 0 amide bonds. The van der Waals surface area contributed by atoms with E-state index in [9.17, 15) is 4.79 Å². The number of nitrogens with zero attached hydrogens (tertiary/aromatic N) is 1. The normalized spacial score (nSPS) is 19.9. The van der Waals surface area contributed by atoms with Crippen LogP contribution >= 0.6 is 11.6 Å². The van der Waals surface area contributed by atoms with E-state index in [0.29, 0.717) is 11.3 Å². The Morgan fingerprint density at radius 1 is 1.29 bits per heavy atom. The van der Waals surface area contributed by atoms with Crippen molar-refractivity contribution in [2.75, 3.05) is 0 Å². The van der Waals surface area contributed by atoms with Gasteiger partial charge in [0.15, 0.2) is 5.78 Å². The average Bonchev–Trinajstić information content (AvgIpc) is 2.24. The number of halogens is 1. The van der Waals surface area contributed by atoms with Gasteiger partial charge in [-0.25, -0.2) is 0 Å². The lowest BCUT2D eigenvalue weighted by Crippen LogP contribution is -2.26. The van der Waals surface area contributed by atoms with Gasteiger partial charge in [0.1, 0.15) is 5.38 Å². The number of carbonyl (C=O) groups excluding carboxylic acids is 1. The third-order valence-electron chi connectivity index (χ3n) is 3.02. The molecule has 0 radical (unpaired) electrons. The summed E-state index contributed by atoms with van der Waals surface area (Å²) in [6.07, 6.45) is 0. The molecule has 0 aromatic heterocycles. The van der Waals surface area contributed by atoms with Crippen molar-refractivity contribution in [3.05, 3.63) is 29.3 Å². The molecule has 1 aliphatic rings. The molecule has 3 heteroatoms. The largest absolute Gasteiger partial charge is 0.292 e. The number of aliphatic imine (C=N–C) groups is 1. The zero-order valence-electron chi connectivity index (χ0n) is 10.5. The summed E-state index contributed by atoms with van der Waals surface area (Å²) in [5.74, 6) is -0.0414. The van der Waals surface area contributed by atoms with Crippen LogP contribution in [0.5, 0.6) is 0 Å². The summed E-state index contributed by atoms with van der Waals surface area (Å²) in [5, 5.41) is -0.613. The fourth-order valence-corrected chi connectivity index (χ4v) is 2.04. The van der Waals surface area contributed by atoms with E-state index in [1.165, 1.54) is 0 Å². The Balaban J connectivity index is 2.58. The molecule has 2 rings (SSSR count). The monoisotopic (exact) mass is 249 g/mol. The molecule has 1 aromatic rings. The van der Waals surface area contributed by atoms with Crippen molar-refractivity contribution in [3.63, 3.8) is 0 Å². The molecular formula is C14H16ClNO. The van der Waals surface area contributed by atoms with E-state index in [1.54, 1.807) is 6.92 Å². The van der Waals surface area contributed by atoms with Crippen LogP contribution in [0.4, 0.5) is 5.69 Å². The van der Waals surface area contributed by atoms with Crippen molar-refractivity contribution in [2.24, 2.45) is 4.99 Å². The summed E-state index contributed by atoms with van der Waals surface area (Å²) in [4.78, 5) is 16.5. The number of hydrogen-bond acceptors (Lipinski definition) is 2. The minimum atomic E-state index is -0.613. The van der Waals surface area contributed by atoms with Crippen LogP contribution in [0.1, 0.15) is 43.6 Å². The molecule has 0 N–H and O–H groups in total. The first-order chi connectivity index (χ1) is 7.80. The molecule has 0 saturated carbocycles. The minimum absolute atomic E-state index is 0.0212. The van der Waals surface area contributed by atoms with Crippen molar-refractivity contribution < 1.29 is 4.79 Å². The summed E-state index contributed by atoms with van der Waals surface area (Å²) in [6, 6.07) is 5.85. The molecule has 1 aliphatic heterocycles. The summed E-state index contributed by atoms with van der Waals surface area (Å²) in [6.45, 7) is 8.15. The number of hydrogen-bond donors (Lipinski definition) is 0. The van der Waals surface area contributed by atoms with E-state index < -0.39 is 5.38 Å². The number of ketones is 1. The highest BCUT2D eigenvalue weighted by Gasteiger charge is 2.28. The van der Waals surface area contributed by atoms with Crippen LogP contribution in [0.15, 0.2) is 23.2 Å². The third-order valence-corrected chi connectivity index (χ3v) is 3.54. The first-order valence-electron chi connectivity index (χ1n) is 5.68. The molecule has 1 heterocycles. The fraction of sp³-hybridized carbons (Fsp3) is 0.429. The molecular weight excluding hydrogens is 234 g/mol. The maximum Gasteiger partial charge on any atom is 0.188 e. The van der Waals surface area contributed by atoms with Crippen LogP contribution in [0.3, 0.4) is 0 Å². The van der Waals surface area contributed by atoms with Gasteiger partial charge in [-0.3, -0.25) is 9.79 Å². The van der Waals surface area contributed by atoms with E-state index in [0.717, 1.165) is 11.3 Å². The zero-order chi connectivity index (χ0) is 12.8. The first-order valence-corrected chi connectivity index (χ1v) is 6.12. The Morgan fingerprint density at radius 2 is 1.94 bits per heavy atom. The molecule has 90 valence electrons. The molecule has 0 saturated heterocycles. The summed E-state index contributed by atoms with van der Waals surface area (Å²) < 4.78 is 0. The Hall–Kier alpha value is -1.15. The van der Waals surface area contributed by atoms with E-state index in [1.807, 2.05) is 18.2 Å². The van der Waals surface area contributed by atoms with Crippen molar-refractivity contribution in [3.8, 4) is 0 Å². The maximum absolute atomic E-state index is 12.1. The van der Waals surface area contributed by atoms with Crippen LogP contribution in [-0.2, 0) is 5.41 Å². The number of alkyl halides is 1. The van der Waals surface area contributed by atoms with Crippen molar-refractivity contribution in [1.29, 1.82) is 0 Å². The second-order valence-corrected chi connectivity index (χ2v) is 5.90. The van der Waals surface area contributed by atoms with Crippen molar-refractivity contribution in [2.45, 2.75) is 38.5 Å². The highest BCUT2D eigenvalue weighted by Crippen LogP contribution is 2.32. The van der Waals surface area contributed by atoms with Gasteiger partial charge >= 0.3 is 0 Å². The number of benzene rings is 1. The summed E-state index contributed by atoms with van der Waals surface area (Å²) in [7, 11) is 0. The Bertz CT molecular complexity index is 511.